The lowest BCUT2D eigenvalue weighted by molar-refractivity contribution is -0.384. The van der Waals surface area contributed by atoms with Crippen molar-refractivity contribution in [1.29, 1.82) is 0 Å². The van der Waals surface area contributed by atoms with Crippen LogP contribution in [0.4, 0.5) is 11.4 Å². The first-order chi connectivity index (χ1) is 15.2. The molecule has 1 fully saturated rings. The van der Waals surface area contributed by atoms with Crippen LogP contribution in [0.1, 0.15) is 29.8 Å². The van der Waals surface area contributed by atoms with E-state index >= 15 is 0 Å². The van der Waals surface area contributed by atoms with Crippen LogP contribution < -0.4 is 4.90 Å². The molecular formula is C22H28N4O5S. The summed E-state index contributed by atoms with van der Waals surface area (Å²) in [5.41, 5.74) is 1.79. The number of amides is 1. The van der Waals surface area contributed by atoms with Gasteiger partial charge >= 0.3 is 0 Å². The predicted octanol–water partition coefficient (Wildman–Crippen LogP) is 2.90. The number of carbonyl (C=O) groups is 1. The molecule has 9 nitrogen and oxygen atoms in total. The maximum Gasteiger partial charge on any atom is 0.293 e. The summed E-state index contributed by atoms with van der Waals surface area (Å²) in [6.45, 7) is 7.64. The van der Waals surface area contributed by atoms with Crippen molar-refractivity contribution < 1.29 is 18.1 Å². The van der Waals surface area contributed by atoms with E-state index in [4.69, 9.17) is 0 Å². The van der Waals surface area contributed by atoms with Gasteiger partial charge in [0.1, 0.15) is 5.69 Å². The fourth-order valence-corrected chi connectivity index (χ4v) is 5.30. The van der Waals surface area contributed by atoms with Crippen molar-refractivity contribution in [3.05, 3.63) is 63.7 Å². The standard InChI is InChI=1S/C22H28N4O5S/c1-4-25(5-2)32(30,31)19-10-11-20(21(16-19)26(28)29)23-12-14-24(15-13-23)22(27)18-8-6-17(3)7-9-18/h6-11,16H,4-5,12-15H2,1-3H3. The molecule has 0 radical (unpaired) electrons. The monoisotopic (exact) mass is 460 g/mol. The van der Waals surface area contributed by atoms with Crippen molar-refractivity contribution in [1.82, 2.24) is 9.21 Å². The maximum atomic E-state index is 12.8. The van der Waals surface area contributed by atoms with E-state index in [-0.39, 0.29) is 29.6 Å². The van der Waals surface area contributed by atoms with Crippen molar-refractivity contribution in [2.24, 2.45) is 0 Å². The Morgan fingerprint density at radius 3 is 2.16 bits per heavy atom. The molecule has 0 bridgehead atoms. The molecule has 1 heterocycles. The number of nitro groups is 1. The highest BCUT2D eigenvalue weighted by atomic mass is 32.2. The van der Waals surface area contributed by atoms with Gasteiger partial charge in [0.15, 0.2) is 0 Å². The number of piperazine rings is 1. The first-order valence-electron chi connectivity index (χ1n) is 10.6. The molecule has 0 aromatic heterocycles. The van der Waals surface area contributed by atoms with Gasteiger partial charge in [-0.15, -0.1) is 0 Å². The number of nitrogens with zero attached hydrogens (tertiary/aromatic N) is 4. The number of sulfonamides is 1. The number of anilines is 1. The molecule has 172 valence electrons. The van der Waals surface area contributed by atoms with Gasteiger partial charge in [0, 0.05) is 50.9 Å². The van der Waals surface area contributed by atoms with Crippen LogP contribution in [0.15, 0.2) is 47.4 Å². The minimum atomic E-state index is -3.80. The van der Waals surface area contributed by atoms with E-state index in [0.29, 0.717) is 37.4 Å². The van der Waals surface area contributed by atoms with E-state index in [9.17, 15) is 23.3 Å². The summed E-state index contributed by atoms with van der Waals surface area (Å²) in [7, 11) is -3.80. The smallest absolute Gasteiger partial charge is 0.293 e. The third kappa shape index (κ3) is 4.76. The lowest BCUT2D eigenvalue weighted by Crippen LogP contribution is -2.49. The summed E-state index contributed by atoms with van der Waals surface area (Å²) in [6, 6.07) is 11.4. The number of hydrogen-bond donors (Lipinski definition) is 0. The molecule has 0 aliphatic carbocycles. The summed E-state index contributed by atoms with van der Waals surface area (Å²) >= 11 is 0. The zero-order valence-corrected chi connectivity index (χ0v) is 19.3. The van der Waals surface area contributed by atoms with Crippen LogP contribution in [-0.4, -0.2) is 67.7 Å². The number of nitro benzene ring substituents is 1. The third-order valence-electron chi connectivity index (χ3n) is 5.69. The van der Waals surface area contributed by atoms with Gasteiger partial charge in [0.2, 0.25) is 10.0 Å². The first-order valence-corrected chi connectivity index (χ1v) is 12.0. The second kappa shape index (κ2) is 9.66. The van der Waals surface area contributed by atoms with E-state index in [1.54, 1.807) is 30.9 Å². The molecule has 1 amide bonds. The SMILES string of the molecule is CCN(CC)S(=O)(=O)c1ccc(N2CCN(C(=O)c3ccc(C)cc3)CC2)c([N+](=O)[O-])c1. The number of hydrogen-bond acceptors (Lipinski definition) is 6. The summed E-state index contributed by atoms with van der Waals surface area (Å²) in [5, 5.41) is 11.7. The lowest BCUT2D eigenvalue weighted by atomic mass is 10.1. The molecular weight excluding hydrogens is 432 g/mol. The quantitative estimate of drug-likeness (QED) is 0.465. The van der Waals surface area contributed by atoms with Crippen molar-refractivity contribution in [3.63, 3.8) is 0 Å². The Morgan fingerprint density at radius 1 is 1.03 bits per heavy atom. The Morgan fingerprint density at radius 2 is 1.62 bits per heavy atom. The van der Waals surface area contributed by atoms with Gasteiger partial charge in [-0.2, -0.15) is 4.31 Å². The van der Waals surface area contributed by atoms with Crippen LogP contribution in [-0.2, 0) is 10.0 Å². The van der Waals surface area contributed by atoms with E-state index in [2.05, 4.69) is 0 Å². The third-order valence-corrected chi connectivity index (χ3v) is 7.74. The van der Waals surface area contributed by atoms with Crippen LogP contribution in [0, 0.1) is 17.0 Å². The molecule has 0 N–H and O–H groups in total. The van der Waals surface area contributed by atoms with Crippen molar-refractivity contribution >= 4 is 27.3 Å². The molecule has 3 rings (SSSR count). The summed E-state index contributed by atoms with van der Waals surface area (Å²) < 4.78 is 26.8. The molecule has 2 aromatic carbocycles. The van der Waals surface area contributed by atoms with Crippen LogP contribution in [0.3, 0.4) is 0 Å². The van der Waals surface area contributed by atoms with Gasteiger partial charge in [-0.3, -0.25) is 14.9 Å². The second-order valence-corrected chi connectivity index (χ2v) is 9.58. The maximum absolute atomic E-state index is 12.8. The zero-order chi connectivity index (χ0) is 23.5. The molecule has 2 aromatic rings. The van der Waals surface area contributed by atoms with Gasteiger partial charge in [-0.25, -0.2) is 8.42 Å². The van der Waals surface area contributed by atoms with Crippen LogP contribution in [0.5, 0.6) is 0 Å². The molecule has 10 heteroatoms. The largest absolute Gasteiger partial charge is 0.362 e. The van der Waals surface area contributed by atoms with E-state index in [0.717, 1.165) is 11.6 Å². The number of carbonyl (C=O) groups excluding carboxylic acids is 1. The Balaban J connectivity index is 1.79. The minimum Gasteiger partial charge on any atom is -0.362 e. The van der Waals surface area contributed by atoms with Crippen LogP contribution in [0.2, 0.25) is 0 Å². The Hall–Kier alpha value is -2.98. The summed E-state index contributed by atoms with van der Waals surface area (Å²) in [4.78, 5) is 27.4. The fraction of sp³-hybridized carbons (Fsp3) is 0.409. The fourth-order valence-electron chi connectivity index (χ4n) is 3.82. The zero-order valence-electron chi connectivity index (χ0n) is 18.5. The van der Waals surface area contributed by atoms with E-state index in [1.165, 1.54) is 16.4 Å². The number of aryl methyl sites for hydroxylation is 1. The Kier molecular flexibility index (Phi) is 7.15. The number of benzene rings is 2. The van der Waals surface area contributed by atoms with Crippen LogP contribution in [0.25, 0.3) is 0 Å². The Bertz CT molecular complexity index is 1090. The first kappa shape index (κ1) is 23.7. The topological polar surface area (TPSA) is 104 Å². The molecule has 32 heavy (non-hydrogen) atoms. The average molecular weight is 461 g/mol. The molecule has 0 spiro atoms. The van der Waals surface area contributed by atoms with Crippen molar-refractivity contribution in [2.75, 3.05) is 44.2 Å². The second-order valence-electron chi connectivity index (χ2n) is 7.64. The summed E-state index contributed by atoms with van der Waals surface area (Å²) in [6.07, 6.45) is 0. The van der Waals surface area contributed by atoms with E-state index < -0.39 is 14.9 Å². The molecule has 1 aliphatic rings. The van der Waals surface area contributed by atoms with Gasteiger partial charge in [0.25, 0.3) is 11.6 Å². The normalized spacial score (nSPS) is 14.6. The highest BCUT2D eigenvalue weighted by Gasteiger charge is 2.29. The van der Waals surface area contributed by atoms with Gasteiger partial charge < -0.3 is 9.80 Å². The van der Waals surface area contributed by atoms with Crippen molar-refractivity contribution in [2.45, 2.75) is 25.7 Å². The minimum absolute atomic E-state index is 0.0696. The molecule has 0 unspecified atom stereocenters. The summed E-state index contributed by atoms with van der Waals surface area (Å²) in [5.74, 6) is -0.0696. The molecule has 0 atom stereocenters. The van der Waals surface area contributed by atoms with Crippen LogP contribution >= 0.6 is 0 Å². The molecule has 1 aliphatic heterocycles. The molecule has 0 saturated carbocycles. The van der Waals surface area contributed by atoms with E-state index in [1.807, 2.05) is 24.0 Å². The number of rotatable bonds is 7. The van der Waals surface area contributed by atoms with Gasteiger partial charge in [-0.1, -0.05) is 31.5 Å². The Labute approximate surface area is 188 Å². The average Bonchev–Trinajstić information content (AvgIpc) is 2.79. The highest BCUT2D eigenvalue weighted by molar-refractivity contribution is 7.89. The van der Waals surface area contributed by atoms with Gasteiger partial charge in [-0.05, 0) is 31.2 Å². The predicted molar refractivity (Wildman–Crippen MR) is 122 cm³/mol. The lowest BCUT2D eigenvalue weighted by Gasteiger charge is -2.36. The highest BCUT2D eigenvalue weighted by Crippen LogP contribution is 2.32. The molecule has 1 saturated heterocycles. The van der Waals surface area contributed by atoms with Gasteiger partial charge in [0.05, 0.1) is 9.82 Å². The van der Waals surface area contributed by atoms with Crippen molar-refractivity contribution in [3.8, 4) is 0 Å².